The number of nitrogen functional groups attached to an aromatic ring is 1. The molecule has 13 nitrogen and oxygen atoms in total. The van der Waals surface area contributed by atoms with Gasteiger partial charge in [0, 0.05) is 72.0 Å². The van der Waals surface area contributed by atoms with Crippen LogP contribution in [0.25, 0.3) is 11.3 Å². The van der Waals surface area contributed by atoms with Crippen LogP contribution in [0, 0.1) is 6.92 Å². The Hall–Kier alpha value is -7.93. The molecule has 0 bridgehead atoms. The van der Waals surface area contributed by atoms with Gasteiger partial charge in [-0.2, -0.15) is 0 Å². The van der Waals surface area contributed by atoms with E-state index in [0.29, 0.717) is 41.5 Å². The summed E-state index contributed by atoms with van der Waals surface area (Å²) < 4.78 is 5.14. The van der Waals surface area contributed by atoms with E-state index in [4.69, 9.17) is 10.5 Å². The minimum absolute atomic E-state index is 0.164. The van der Waals surface area contributed by atoms with E-state index >= 15 is 0 Å². The molecule has 0 aliphatic rings. The van der Waals surface area contributed by atoms with E-state index in [2.05, 4.69) is 41.2 Å². The Morgan fingerprint density at radius 3 is 1.88 bits per heavy atom. The molecular formula is C45H41N9O4. The first-order chi connectivity index (χ1) is 28.3. The number of aryl methyl sites for hydroxylation is 1. The molecule has 7 aromatic rings. The number of rotatable bonds is 12. The highest BCUT2D eigenvalue weighted by atomic mass is 16.5. The summed E-state index contributed by atoms with van der Waals surface area (Å²) in [6.07, 6.45) is 8.00. The van der Waals surface area contributed by atoms with Gasteiger partial charge in [0.1, 0.15) is 6.61 Å². The largest absolute Gasteiger partial charge is 0.445 e. The third kappa shape index (κ3) is 11.8. The van der Waals surface area contributed by atoms with E-state index < -0.39 is 6.09 Å². The molecule has 3 aromatic heterocycles. The number of hydrogen-bond donors (Lipinski definition) is 5. The maximum Gasteiger partial charge on any atom is 0.407 e. The molecule has 3 amide bonds. The van der Waals surface area contributed by atoms with Crippen LogP contribution in [0.5, 0.6) is 0 Å². The van der Waals surface area contributed by atoms with Crippen LogP contribution in [-0.4, -0.2) is 37.8 Å². The van der Waals surface area contributed by atoms with E-state index in [0.717, 1.165) is 39.2 Å². The van der Waals surface area contributed by atoms with Crippen LogP contribution in [0.4, 0.5) is 27.8 Å². The number of pyridine rings is 2. The molecule has 4 aromatic carbocycles. The Morgan fingerprint density at radius 2 is 1.24 bits per heavy atom. The predicted octanol–water partition coefficient (Wildman–Crippen LogP) is 8.05. The lowest BCUT2D eigenvalue weighted by molar-refractivity contribution is 0.101. The zero-order chi connectivity index (χ0) is 40.5. The van der Waals surface area contributed by atoms with Crippen LogP contribution in [-0.2, 0) is 24.4 Å². The Kier molecular flexibility index (Phi) is 13.8. The summed E-state index contributed by atoms with van der Waals surface area (Å²) in [5.74, 6) is 0.141. The molecule has 0 spiro atoms. The van der Waals surface area contributed by atoms with Gasteiger partial charge >= 0.3 is 6.09 Å². The Bertz CT molecular complexity index is 2430. The van der Waals surface area contributed by atoms with Crippen molar-refractivity contribution in [3.63, 3.8) is 0 Å². The number of amides is 3. The molecule has 0 aliphatic heterocycles. The van der Waals surface area contributed by atoms with Crippen LogP contribution in [0.1, 0.15) is 43.0 Å². The number of nitrogens with one attached hydrogen (secondary N) is 4. The standard InChI is InChI=1S/C23H20N6O.C22H21N3O3/c24-19-5-1-2-6-21(19)28-22(30)17-9-7-16(8-10-17)14-27-23-26-13-11-20(29-23)18-4-3-12-25-15-18;1-16-5-2-3-7-20(16)25-21(26)19-10-8-17(9-11-19)14-24-22(27)28-15-18-6-4-12-23-13-18/h1-13,15H,14,24H2,(H,28,30)(H,26,27,29);2-13H,14-15H2,1H3,(H,24,27)(H,25,26). The lowest BCUT2D eigenvalue weighted by atomic mass is 10.1. The minimum atomic E-state index is -0.509. The maximum absolute atomic E-state index is 12.4. The summed E-state index contributed by atoms with van der Waals surface area (Å²) in [6.45, 7) is 2.95. The fourth-order valence-corrected chi connectivity index (χ4v) is 5.42. The normalized spacial score (nSPS) is 10.3. The first-order valence-corrected chi connectivity index (χ1v) is 18.3. The summed E-state index contributed by atoms with van der Waals surface area (Å²) in [5.41, 5.74) is 14.3. The van der Waals surface area contributed by atoms with Crippen molar-refractivity contribution in [2.45, 2.75) is 26.6 Å². The van der Waals surface area contributed by atoms with Gasteiger partial charge < -0.3 is 31.7 Å². The smallest absolute Gasteiger partial charge is 0.407 e. The summed E-state index contributed by atoms with van der Waals surface area (Å²) >= 11 is 0. The third-order valence-corrected chi connectivity index (χ3v) is 8.63. The van der Waals surface area contributed by atoms with Crippen LogP contribution < -0.4 is 27.0 Å². The van der Waals surface area contributed by atoms with Crippen molar-refractivity contribution >= 4 is 40.9 Å². The molecule has 0 fully saturated rings. The van der Waals surface area contributed by atoms with Gasteiger partial charge in [0.25, 0.3) is 11.8 Å². The number of aromatic nitrogens is 4. The Labute approximate surface area is 335 Å². The van der Waals surface area contributed by atoms with Gasteiger partial charge in [-0.05, 0) is 90.3 Å². The van der Waals surface area contributed by atoms with Gasteiger partial charge in [0.15, 0.2) is 0 Å². The molecular weight excluding hydrogens is 731 g/mol. The van der Waals surface area contributed by atoms with Crippen molar-refractivity contribution in [2.75, 3.05) is 21.7 Å². The average Bonchev–Trinajstić information content (AvgIpc) is 3.27. The number of benzene rings is 4. The van der Waals surface area contributed by atoms with Gasteiger partial charge in [-0.1, -0.05) is 60.7 Å². The molecule has 290 valence electrons. The second-order valence-corrected chi connectivity index (χ2v) is 12.9. The van der Waals surface area contributed by atoms with Crippen molar-refractivity contribution in [2.24, 2.45) is 0 Å². The van der Waals surface area contributed by atoms with Gasteiger partial charge in [-0.3, -0.25) is 19.6 Å². The topological polar surface area (TPSA) is 186 Å². The van der Waals surface area contributed by atoms with E-state index in [1.807, 2.05) is 79.7 Å². The van der Waals surface area contributed by atoms with E-state index in [1.165, 1.54) is 0 Å². The lowest BCUT2D eigenvalue weighted by Gasteiger charge is -2.09. The number of hydrogen-bond acceptors (Lipinski definition) is 10. The van der Waals surface area contributed by atoms with Crippen LogP contribution in [0.15, 0.2) is 158 Å². The van der Waals surface area contributed by atoms with Gasteiger partial charge in [-0.15, -0.1) is 0 Å². The van der Waals surface area contributed by atoms with Crippen molar-refractivity contribution in [3.8, 4) is 11.3 Å². The molecule has 3 heterocycles. The number of para-hydroxylation sites is 3. The monoisotopic (exact) mass is 771 g/mol. The minimum Gasteiger partial charge on any atom is -0.445 e. The second-order valence-electron chi connectivity index (χ2n) is 12.9. The number of carbonyl (C=O) groups excluding carboxylic acids is 3. The van der Waals surface area contributed by atoms with E-state index in [9.17, 15) is 14.4 Å². The SMILES string of the molecule is Cc1ccccc1NC(=O)c1ccc(CNC(=O)OCc2cccnc2)cc1.Nc1ccccc1NC(=O)c1ccc(CNc2nccc(-c3cccnc3)n2)cc1. The fourth-order valence-electron chi connectivity index (χ4n) is 5.42. The highest BCUT2D eigenvalue weighted by molar-refractivity contribution is 6.06. The van der Waals surface area contributed by atoms with E-state index in [1.54, 1.807) is 85.6 Å². The molecule has 0 saturated heterocycles. The number of ether oxygens (including phenoxy) is 1. The number of nitrogens with two attached hydrogens (primary N) is 1. The molecule has 0 unspecified atom stereocenters. The van der Waals surface area contributed by atoms with E-state index in [-0.39, 0.29) is 18.4 Å². The van der Waals surface area contributed by atoms with Crippen LogP contribution in [0.3, 0.4) is 0 Å². The van der Waals surface area contributed by atoms with Crippen molar-refractivity contribution in [1.82, 2.24) is 25.3 Å². The second kappa shape index (κ2) is 20.1. The molecule has 13 heteroatoms. The maximum atomic E-state index is 12.4. The first kappa shape index (κ1) is 39.8. The van der Waals surface area contributed by atoms with Crippen molar-refractivity contribution in [3.05, 3.63) is 192 Å². The zero-order valence-electron chi connectivity index (χ0n) is 31.6. The van der Waals surface area contributed by atoms with Crippen LogP contribution in [0.2, 0.25) is 0 Å². The van der Waals surface area contributed by atoms with Gasteiger partial charge in [-0.25, -0.2) is 14.8 Å². The van der Waals surface area contributed by atoms with Gasteiger partial charge in [0.2, 0.25) is 5.95 Å². The molecule has 0 aliphatic carbocycles. The van der Waals surface area contributed by atoms with Crippen molar-refractivity contribution < 1.29 is 19.1 Å². The highest BCUT2D eigenvalue weighted by Crippen LogP contribution is 2.19. The molecule has 58 heavy (non-hydrogen) atoms. The number of alkyl carbamates (subject to hydrolysis) is 1. The quantitative estimate of drug-likeness (QED) is 0.0761. The average molecular weight is 772 g/mol. The molecule has 6 N–H and O–H groups in total. The number of anilines is 4. The highest BCUT2D eigenvalue weighted by Gasteiger charge is 2.10. The Morgan fingerprint density at radius 1 is 0.621 bits per heavy atom. The summed E-state index contributed by atoms with van der Waals surface area (Å²) in [7, 11) is 0. The molecule has 0 saturated carbocycles. The lowest BCUT2D eigenvalue weighted by Crippen LogP contribution is -2.23. The summed E-state index contributed by atoms with van der Waals surface area (Å²) in [6, 6.07) is 38.4. The number of carbonyl (C=O) groups is 3. The molecule has 0 atom stereocenters. The summed E-state index contributed by atoms with van der Waals surface area (Å²) in [4.78, 5) is 53.4. The molecule has 7 rings (SSSR count). The summed E-state index contributed by atoms with van der Waals surface area (Å²) in [5, 5.41) is 11.6. The number of nitrogens with zero attached hydrogens (tertiary/aromatic N) is 4. The zero-order valence-corrected chi connectivity index (χ0v) is 31.6. The first-order valence-electron chi connectivity index (χ1n) is 18.3. The Balaban J connectivity index is 0.000000196. The predicted molar refractivity (Wildman–Crippen MR) is 225 cm³/mol. The fraction of sp³-hybridized carbons (Fsp3) is 0.0889. The third-order valence-electron chi connectivity index (χ3n) is 8.63. The van der Waals surface area contributed by atoms with Gasteiger partial charge in [0.05, 0.1) is 17.1 Å². The van der Waals surface area contributed by atoms with Crippen LogP contribution >= 0.6 is 0 Å². The molecule has 0 radical (unpaired) electrons. The van der Waals surface area contributed by atoms with Crippen molar-refractivity contribution in [1.29, 1.82) is 0 Å².